The Morgan fingerprint density at radius 3 is 2.55 bits per heavy atom. The summed E-state index contributed by atoms with van der Waals surface area (Å²) < 4.78 is 6.28. The van der Waals surface area contributed by atoms with Gasteiger partial charge in [0.05, 0.1) is 10.0 Å². The van der Waals surface area contributed by atoms with Crippen LogP contribution in [0, 0.1) is 6.92 Å². The number of pyridine rings is 1. The first-order chi connectivity index (χ1) is 16.1. The molecule has 2 fully saturated rings. The van der Waals surface area contributed by atoms with E-state index < -0.39 is 0 Å². The van der Waals surface area contributed by atoms with Crippen LogP contribution in [-0.4, -0.2) is 34.0 Å². The third-order valence-electron chi connectivity index (χ3n) is 6.53. The van der Waals surface area contributed by atoms with E-state index in [0.29, 0.717) is 5.02 Å². The zero-order valence-electron chi connectivity index (χ0n) is 18.6. The van der Waals surface area contributed by atoms with Gasteiger partial charge in [-0.1, -0.05) is 35.9 Å². The quantitative estimate of drug-likeness (QED) is 0.377. The number of aryl methyl sites for hydroxylation is 1. The van der Waals surface area contributed by atoms with E-state index in [1.807, 2.05) is 61.7 Å². The molecule has 5 rings (SSSR count). The van der Waals surface area contributed by atoms with Gasteiger partial charge in [-0.2, -0.15) is 0 Å². The summed E-state index contributed by atoms with van der Waals surface area (Å²) in [5, 5.41) is 1.65. The highest BCUT2D eigenvalue weighted by molar-refractivity contribution is 7.98. The number of thioether (sulfide) groups is 1. The molecule has 170 valence electrons. The molecule has 1 amide bonds. The number of carbonyl (C=O) groups is 1. The van der Waals surface area contributed by atoms with Crippen molar-refractivity contribution in [2.75, 3.05) is 0 Å². The topological polar surface area (TPSA) is 42.4 Å². The molecule has 2 bridgehead atoms. The first kappa shape index (κ1) is 22.3. The van der Waals surface area contributed by atoms with Gasteiger partial charge in [0.25, 0.3) is 5.91 Å². The highest BCUT2D eigenvalue weighted by atomic mass is 35.5. The van der Waals surface area contributed by atoms with Crippen molar-refractivity contribution in [3.63, 3.8) is 0 Å². The molecule has 0 aliphatic carbocycles. The molecular formula is C27H27ClN2O2S. The minimum absolute atomic E-state index is 0.0943. The number of aromatic nitrogens is 1. The number of hydrogen-bond acceptors (Lipinski definition) is 4. The van der Waals surface area contributed by atoms with Crippen LogP contribution in [0.25, 0.3) is 0 Å². The lowest BCUT2D eigenvalue weighted by Crippen LogP contribution is -2.49. The highest BCUT2D eigenvalue weighted by Gasteiger charge is 2.44. The van der Waals surface area contributed by atoms with Crippen LogP contribution in [0.4, 0.5) is 0 Å². The normalized spacial score (nSPS) is 21.8. The van der Waals surface area contributed by atoms with E-state index in [4.69, 9.17) is 16.3 Å². The zero-order valence-corrected chi connectivity index (χ0v) is 20.2. The van der Waals surface area contributed by atoms with Crippen molar-refractivity contribution in [3.05, 3.63) is 88.6 Å². The summed E-state index contributed by atoms with van der Waals surface area (Å²) in [6.45, 7) is 2.04. The van der Waals surface area contributed by atoms with Crippen molar-refractivity contribution in [1.29, 1.82) is 0 Å². The molecule has 0 saturated carbocycles. The number of amides is 1. The Balaban J connectivity index is 1.21. The molecule has 2 atom stereocenters. The van der Waals surface area contributed by atoms with Gasteiger partial charge in [0.15, 0.2) is 0 Å². The lowest BCUT2D eigenvalue weighted by Gasteiger charge is -2.39. The van der Waals surface area contributed by atoms with Crippen LogP contribution < -0.4 is 4.74 Å². The molecular weight excluding hydrogens is 452 g/mol. The molecule has 33 heavy (non-hydrogen) atoms. The van der Waals surface area contributed by atoms with E-state index in [1.165, 1.54) is 5.56 Å². The third kappa shape index (κ3) is 5.04. The maximum atomic E-state index is 13.4. The highest BCUT2D eigenvalue weighted by Crippen LogP contribution is 2.39. The fourth-order valence-electron chi connectivity index (χ4n) is 4.92. The molecule has 0 N–H and O–H groups in total. The molecule has 2 aliphatic rings. The van der Waals surface area contributed by atoms with Gasteiger partial charge in [-0.25, -0.2) is 4.98 Å². The van der Waals surface area contributed by atoms with E-state index in [1.54, 1.807) is 11.8 Å². The molecule has 3 aromatic rings. The third-order valence-corrected chi connectivity index (χ3v) is 7.86. The molecule has 4 nitrogen and oxygen atoms in total. The number of hydrogen-bond donors (Lipinski definition) is 0. The van der Waals surface area contributed by atoms with Gasteiger partial charge in [0.1, 0.15) is 11.9 Å². The van der Waals surface area contributed by atoms with E-state index in [9.17, 15) is 4.79 Å². The van der Waals surface area contributed by atoms with Gasteiger partial charge in [-0.05, 0) is 67.3 Å². The van der Waals surface area contributed by atoms with Gasteiger partial charge >= 0.3 is 0 Å². The number of halogens is 1. The average molecular weight is 479 g/mol. The van der Waals surface area contributed by atoms with Crippen LogP contribution in [0.3, 0.4) is 0 Å². The van der Waals surface area contributed by atoms with Gasteiger partial charge in [0.2, 0.25) is 0 Å². The van der Waals surface area contributed by atoms with Gasteiger partial charge in [-0.3, -0.25) is 4.79 Å². The molecule has 3 heterocycles. The van der Waals surface area contributed by atoms with E-state index in [-0.39, 0.29) is 24.1 Å². The summed E-state index contributed by atoms with van der Waals surface area (Å²) in [4.78, 5) is 19.8. The molecule has 0 spiro atoms. The van der Waals surface area contributed by atoms with Crippen molar-refractivity contribution in [3.8, 4) is 5.75 Å². The first-order valence-electron chi connectivity index (χ1n) is 11.4. The Morgan fingerprint density at radius 2 is 1.85 bits per heavy atom. The zero-order chi connectivity index (χ0) is 22.8. The lowest BCUT2D eigenvalue weighted by molar-refractivity contribution is 0.0359. The van der Waals surface area contributed by atoms with E-state index >= 15 is 0 Å². The van der Waals surface area contributed by atoms with Crippen molar-refractivity contribution >= 4 is 29.3 Å². The maximum Gasteiger partial charge on any atom is 0.254 e. The second kappa shape index (κ2) is 9.78. The first-order valence-corrected chi connectivity index (χ1v) is 12.8. The number of benzene rings is 2. The second-order valence-corrected chi connectivity index (χ2v) is 10.3. The number of piperidine rings is 1. The average Bonchev–Trinajstić information content (AvgIpc) is 3.10. The minimum Gasteiger partial charge on any atom is -0.489 e. The summed E-state index contributed by atoms with van der Waals surface area (Å²) in [7, 11) is 0. The summed E-state index contributed by atoms with van der Waals surface area (Å²) in [5.41, 5.74) is 3.08. The Kier molecular flexibility index (Phi) is 6.61. The molecule has 2 aromatic carbocycles. The lowest BCUT2D eigenvalue weighted by atomic mass is 9.98. The molecule has 0 radical (unpaired) electrons. The fourth-order valence-corrected chi connectivity index (χ4v) is 5.90. The Hall–Kier alpha value is -2.50. The van der Waals surface area contributed by atoms with Crippen LogP contribution in [0.2, 0.25) is 5.02 Å². The van der Waals surface area contributed by atoms with Crippen LogP contribution in [0.15, 0.2) is 71.9 Å². The summed E-state index contributed by atoms with van der Waals surface area (Å²) >= 11 is 8.04. The molecule has 2 aliphatic heterocycles. The van der Waals surface area contributed by atoms with Crippen LogP contribution in [-0.2, 0) is 5.75 Å². The Labute approximate surface area is 204 Å². The van der Waals surface area contributed by atoms with Crippen molar-refractivity contribution in [2.24, 2.45) is 0 Å². The Morgan fingerprint density at radius 1 is 1.09 bits per heavy atom. The van der Waals surface area contributed by atoms with Crippen LogP contribution >= 0.6 is 23.4 Å². The SMILES string of the molecule is Cc1ccc(Cl)c(OC2CC3CCC(C2)N3C(=O)c2ccc(CSc3ccccn3)cc2)c1. The molecule has 2 unspecified atom stereocenters. The standard InChI is InChI=1S/C27H27ClN2O2S/c1-18-5-12-24(28)25(14-18)32-23-15-21-10-11-22(16-23)30(21)27(31)20-8-6-19(7-9-20)17-33-26-4-2-3-13-29-26/h2-9,12-14,21-23H,10-11,15-17H2,1H3. The van der Waals surface area contributed by atoms with Crippen LogP contribution in [0.5, 0.6) is 5.75 Å². The fraction of sp³-hybridized carbons (Fsp3) is 0.333. The largest absolute Gasteiger partial charge is 0.489 e. The van der Waals surface area contributed by atoms with Gasteiger partial charge in [0, 0.05) is 42.4 Å². The number of nitrogens with zero attached hydrogens (tertiary/aromatic N) is 2. The smallest absolute Gasteiger partial charge is 0.254 e. The maximum absolute atomic E-state index is 13.4. The van der Waals surface area contributed by atoms with E-state index in [0.717, 1.165) is 53.3 Å². The molecule has 6 heteroatoms. The second-order valence-electron chi connectivity index (χ2n) is 8.90. The molecule has 2 saturated heterocycles. The van der Waals surface area contributed by atoms with Crippen molar-refractivity contribution in [1.82, 2.24) is 9.88 Å². The molecule has 1 aromatic heterocycles. The van der Waals surface area contributed by atoms with E-state index in [2.05, 4.69) is 22.0 Å². The summed E-state index contributed by atoms with van der Waals surface area (Å²) in [6.07, 6.45) is 5.68. The van der Waals surface area contributed by atoms with Crippen molar-refractivity contribution < 1.29 is 9.53 Å². The number of ether oxygens (including phenoxy) is 1. The summed E-state index contributed by atoms with van der Waals surface area (Å²) in [6, 6.07) is 20.3. The number of fused-ring (bicyclic) bond motifs is 2. The summed E-state index contributed by atoms with van der Waals surface area (Å²) in [5.74, 6) is 1.72. The van der Waals surface area contributed by atoms with Gasteiger partial charge < -0.3 is 9.64 Å². The van der Waals surface area contributed by atoms with Gasteiger partial charge in [-0.15, -0.1) is 11.8 Å². The monoisotopic (exact) mass is 478 g/mol. The predicted molar refractivity (Wildman–Crippen MR) is 133 cm³/mol. The predicted octanol–water partition coefficient (Wildman–Crippen LogP) is 6.55. The Bertz CT molecular complexity index is 1110. The van der Waals surface area contributed by atoms with Crippen molar-refractivity contribution in [2.45, 2.75) is 61.6 Å². The number of rotatable bonds is 6. The minimum atomic E-state index is 0.0943. The number of carbonyl (C=O) groups excluding carboxylic acids is 1. The van der Waals surface area contributed by atoms with Crippen LogP contribution in [0.1, 0.15) is 47.2 Å².